The molecule has 16 heteroatoms. The molecule has 45 heavy (non-hydrogen) atoms. The maximum atomic E-state index is 13.8. The van der Waals surface area contributed by atoms with Gasteiger partial charge in [0.1, 0.15) is 24.6 Å². The highest BCUT2D eigenvalue weighted by molar-refractivity contribution is 7.48. The Morgan fingerprint density at radius 3 is 2.60 bits per heavy atom. The largest absolute Gasteiger partial charge is 0.475 e. The first-order chi connectivity index (χ1) is 21.3. The van der Waals surface area contributed by atoms with Gasteiger partial charge in [0.05, 0.1) is 38.6 Å². The summed E-state index contributed by atoms with van der Waals surface area (Å²) in [5.74, 6) is -0.186. The van der Waals surface area contributed by atoms with Gasteiger partial charge in [-0.05, 0) is 30.3 Å². The van der Waals surface area contributed by atoms with E-state index in [4.69, 9.17) is 28.0 Å². The zero-order valence-electron chi connectivity index (χ0n) is 26.0. The predicted molar refractivity (Wildman–Crippen MR) is 168 cm³/mol. The molecule has 0 saturated carbocycles. The van der Waals surface area contributed by atoms with Crippen molar-refractivity contribution in [3.8, 4) is 6.07 Å². The van der Waals surface area contributed by atoms with Crippen LogP contribution in [0.4, 0.5) is 5.82 Å². The molecule has 1 amide bonds. The summed E-state index contributed by atoms with van der Waals surface area (Å²) in [6.07, 6.45) is 0.0199. The van der Waals surface area contributed by atoms with Gasteiger partial charge < -0.3 is 19.6 Å². The zero-order valence-corrected chi connectivity index (χ0v) is 27.8. The average molecular weight is 659 g/mol. The van der Waals surface area contributed by atoms with Gasteiger partial charge >= 0.3 is 7.82 Å². The lowest BCUT2D eigenvalue weighted by Crippen LogP contribution is -2.49. The van der Waals surface area contributed by atoms with Gasteiger partial charge in [-0.2, -0.15) is 5.26 Å². The summed E-state index contributed by atoms with van der Waals surface area (Å²) in [6, 6.07) is 10.6. The Labute approximate surface area is 263 Å². The van der Waals surface area contributed by atoms with E-state index in [-0.39, 0.29) is 36.4 Å². The van der Waals surface area contributed by atoms with Crippen LogP contribution in [0.15, 0.2) is 55.6 Å². The number of nitrogens with zero attached hydrogens (tertiary/aromatic N) is 5. The van der Waals surface area contributed by atoms with Crippen molar-refractivity contribution >= 4 is 39.0 Å². The molecule has 1 aliphatic rings. The fourth-order valence-corrected chi connectivity index (χ4v) is 6.98. The second kappa shape index (κ2) is 14.4. The molecule has 0 spiro atoms. The number of imidazole rings is 1. The molecule has 5 atom stereocenters. The molecule has 2 aromatic heterocycles. The lowest BCUT2D eigenvalue weighted by Gasteiger charge is -2.40. The molecule has 1 fully saturated rings. The average Bonchev–Trinajstić information content (AvgIpc) is 3.57. The number of anilines is 1. The fraction of sp³-hybridized carbons (Fsp3) is 0.483. The van der Waals surface area contributed by atoms with Gasteiger partial charge in [-0.15, -0.1) is 6.58 Å². The summed E-state index contributed by atoms with van der Waals surface area (Å²) < 4.78 is 45.4. The third kappa shape index (κ3) is 7.92. The number of nitrogens with one attached hydrogen (secondary N) is 1. The lowest BCUT2D eigenvalue weighted by molar-refractivity contribution is -0.0501. The highest BCUT2D eigenvalue weighted by atomic mass is 31.2. The van der Waals surface area contributed by atoms with E-state index in [1.807, 2.05) is 25.2 Å². The summed E-state index contributed by atoms with van der Waals surface area (Å²) in [4.78, 5) is 26.0. The number of rotatable bonds is 14. The molecular weight excluding hydrogens is 619 g/mol. The molecule has 0 aliphatic carbocycles. The Kier molecular flexibility index (Phi) is 11.1. The van der Waals surface area contributed by atoms with Gasteiger partial charge in [0.25, 0.3) is 5.91 Å². The minimum atomic E-state index is -4.29. The zero-order chi connectivity index (χ0) is 32.8. The molecule has 2 N–H and O–H groups in total. The second-order valence-electron chi connectivity index (χ2n) is 11.8. The minimum Gasteiger partial charge on any atom is -0.407 e. The van der Waals surface area contributed by atoms with Crippen LogP contribution in [0.5, 0.6) is 0 Å². The minimum absolute atomic E-state index is 0.0498. The molecule has 3 aromatic rings. The molecule has 3 heterocycles. The Morgan fingerprint density at radius 1 is 1.22 bits per heavy atom. The van der Waals surface area contributed by atoms with E-state index in [0.29, 0.717) is 16.7 Å². The molecule has 1 aromatic carbocycles. The molecule has 1 saturated heterocycles. The first-order valence-corrected chi connectivity index (χ1v) is 18.7. The monoisotopic (exact) mass is 658 g/mol. The number of aromatic nitrogens is 4. The summed E-state index contributed by atoms with van der Waals surface area (Å²) in [7, 11) is -6.86. The number of phosphoric acid groups is 1. The normalized spacial score (nSPS) is 21.7. The van der Waals surface area contributed by atoms with Gasteiger partial charge in [0.2, 0.25) is 0 Å². The fourth-order valence-electron chi connectivity index (χ4n) is 4.34. The van der Waals surface area contributed by atoms with E-state index < -0.39 is 47.3 Å². The number of nitriles is 1. The second-order valence-corrected chi connectivity index (χ2v) is 18.2. The van der Waals surface area contributed by atoms with Gasteiger partial charge in [0, 0.05) is 5.56 Å². The Bertz CT molecular complexity index is 1570. The van der Waals surface area contributed by atoms with Crippen molar-refractivity contribution in [1.82, 2.24) is 19.5 Å². The summed E-state index contributed by atoms with van der Waals surface area (Å²) >= 11 is 0. The highest BCUT2D eigenvalue weighted by Crippen LogP contribution is 2.54. The van der Waals surface area contributed by atoms with Crippen LogP contribution in [-0.2, 0) is 27.3 Å². The van der Waals surface area contributed by atoms with Gasteiger partial charge in [-0.1, -0.05) is 45.0 Å². The van der Waals surface area contributed by atoms with E-state index in [2.05, 4.69) is 47.6 Å². The SMILES string of the molecule is C=CCOP(=O)(OCCC#N)OC1C(CO)OC(n2cnc3c(NC(=O)c4ccccc4)ncnc32)C1O[Si](C)(C)C(C)(C)C. The third-order valence-electron chi connectivity index (χ3n) is 7.67. The molecule has 0 radical (unpaired) electrons. The molecule has 14 nitrogen and oxygen atoms in total. The molecule has 4 rings (SSSR count). The predicted octanol–water partition coefficient (Wildman–Crippen LogP) is 4.98. The van der Waals surface area contributed by atoms with Crippen molar-refractivity contribution in [3.63, 3.8) is 0 Å². The van der Waals surface area contributed by atoms with E-state index in [1.54, 1.807) is 28.8 Å². The van der Waals surface area contributed by atoms with E-state index in [1.165, 1.54) is 18.7 Å². The maximum absolute atomic E-state index is 13.8. The van der Waals surface area contributed by atoms with Crippen molar-refractivity contribution < 1.29 is 37.2 Å². The molecule has 0 bridgehead atoms. The molecule has 5 unspecified atom stereocenters. The first-order valence-electron chi connectivity index (χ1n) is 14.4. The van der Waals surface area contributed by atoms with Crippen molar-refractivity contribution in [2.24, 2.45) is 0 Å². The standard InChI is InChI=1S/C29H39N6O8PSi/c1-7-15-39-44(38,40-16-11-14-30)42-23-21(17-36)41-28(24(23)43-45(5,6)29(2,3)4)35-19-33-22-25(31-18-32-26(22)35)34-27(37)20-12-9-8-10-13-20/h7-10,12-13,18-19,21,23-24,28,36H,1,11,15-17H2,2-6H3,(H,31,32,34,37). The number of fused-ring (bicyclic) bond motifs is 1. The van der Waals surface area contributed by atoms with Crippen LogP contribution in [-0.4, -0.2) is 77.0 Å². The number of ether oxygens (including phenoxy) is 1. The third-order valence-corrected chi connectivity index (χ3v) is 13.6. The summed E-state index contributed by atoms with van der Waals surface area (Å²) in [6.45, 7) is 13.0. The number of hydrogen-bond donors (Lipinski definition) is 2. The number of carbonyl (C=O) groups excluding carboxylic acids is 1. The van der Waals surface area contributed by atoms with Crippen molar-refractivity contribution in [1.29, 1.82) is 5.26 Å². The number of phosphoric ester groups is 1. The van der Waals surface area contributed by atoms with Crippen LogP contribution in [0.2, 0.25) is 18.1 Å². The van der Waals surface area contributed by atoms with E-state index >= 15 is 0 Å². The van der Waals surface area contributed by atoms with Gasteiger partial charge in [-0.25, -0.2) is 19.5 Å². The highest BCUT2D eigenvalue weighted by Gasteiger charge is 2.54. The maximum Gasteiger partial charge on any atom is 0.475 e. The van der Waals surface area contributed by atoms with Crippen LogP contribution in [0.3, 0.4) is 0 Å². The number of carbonyl (C=O) groups is 1. The van der Waals surface area contributed by atoms with Crippen LogP contribution in [0, 0.1) is 11.3 Å². The lowest BCUT2D eigenvalue weighted by atomic mass is 10.1. The van der Waals surface area contributed by atoms with Crippen molar-refractivity contribution in [2.45, 2.75) is 69.9 Å². The summed E-state index contributed by atoms with van der Waals surface area (Å²) in [5, 5.41) is 21.9. The first kappa shape index (κ1) is 34.5. The molecular formula is C29H39N6O8PSi. The van der Waals surface area contributed by atoms with Crippen molar-refractivity contribution in [2.75, 3.05) is 25.1 Å². The number of amides is 1. The number of hydrogen-bond acceptors (Lipinski definition) is 12. The van der Waals surface area contributed by atoms with Gasteiger partial charge in [-0.3, -0.25) is 22.9 Å². The van der Waals surface area contributed by atoms with Gasteiger partial charge in [0.15, 0.2) is 31.5 Å². The van der Waals surface area contributed by atoms with Crippen LogP contribution < -0.4 is 5.32 Å². The number of aliphatic hydroxyl groups is 1. The van der Waals surface area contributed by atoms with E-state index in [9.17, 15) is 14.5 Å². The number of benzene rings is 1. The molecule has 1 aliphatic heterocycles. The Hall–Kier alpha value is -3.32. The van der Waals surface area contributed by atoms with Crippen molar-refractivity contribution in [3.05, 3.63) is 61.2 Å². The van der Waals surface area contributed by atoms with Crippen LogP contribution >= 0.6 is 7.82 Å². The topological polar surface area (TPSA) is 180 Å². The number of aliphatic hydroxyl groups excluding tert-OH is 1. The Balaban J connectivity index is 1.74. The summed E-state index contributed by atoms with van der Waals surface area (Å²) in [5.41, 5.74) is 1.05. The van der Waals surface area contributed by atoms with Crippen LogP contribution in [0.1, 0.15) is 43.8 Å². The molecule has 242 valence electrons. The smallest absolute Gasteiger partial charge is 0.407 e. The Morgan fingerprint density at radius 2 is 1.96 bits per heavy atom. The quantitative estimate of drug-likeness (QED) is 0.103. The van der Waals surface area contributed by atoms with E-state index in [0.717, 1.165) is 0 Å². The van der Waals surface area contributed by atoms with Crippen LogP contribution in [0.25, 0.3) is 11.2 Å².